The number of hydrogen-bond donors (Lipinski definition) is 1. The summed E-state index contributed by atoms with van der Waals surface area (Å²) in [4.78, 5) is 23.1. The van der Waals surface area contributed by atoms with E-state index in [0.717, 1.165) is 19.1 Å². The van der Waals surface area contributed by atoms with Crippen LogP contribution in [0.1, 0.15) is 52.9 Å². The van der Waals surface area contributed by atoms with Crippen molar-refractivity contribution in [2.45, 2.75) is 58.5 Å². The first-order chi connectivity index (χ1) is 8.84. The number of alkyl carbamates (subject to hydrolysis) is 1. The second-order valence-corrected chi connectivity index (χ2v) is 7.19. The Morgan fingerprint density at radius 2 is 1.89 bits per heavy atom. The minimum Gasteiger partial charge on any atom is -0.444 e. The van der Waals surface area contributed by atoms with Crippen LogP contribution in [0.4, 0.5) is 4.79 Å². The third-order valence-corrected chi connectivity index (χ3v) is 4.39. The monoisotopic (exact) mass is 267 g/mol. The third kappa shape index (κ3) is 3.48. The summed E-state index contributed by atoms with van der Waals surface area (Å²) in [7, 11) is 0. The molecule has 4 nitrogen and oxygen atoms in total. The zero-order chi connectivity index (χ0) is 14.1. The van der Waals surface area contributed by atoms with Gasteiger partial charge < -0.3 is 14.8 Å². The van der Waals surface area contributed by atoms with E-state index in [1.54, 1.807) is 0 Å². The number of nitrogens with one attached hydrogen (secondary N) is 1. The molecular weight excluding hydrogens is 242 g/mol. The van der Waals surface area contributed by atoms with Crippen molar-refractivity contribution in [2.75, 3.05) is 6.54 Å². The molecule has 108 valence electrons. The maximum Gasteiger partial charge on any atom is 0.407 e. The number of carbonyl (C=O) groups is 2. The standard InChI is InChI=1S/C15H25NO3/c1-14(2,3)19-13(18)16-9-15(10-17)7-11-5-4-6-12(11)8-15/h10-12H,4-9H2,1-3H3,(H,16,18). The fourth-order valence-electron chi connectivity index (χ4n) is 3.62. The minimum atomic E-state index is -0.495. The Hall–Kier alpha value is -1.06. The molecule has 0 saturated heterocycles. The van der Waals surface area contributed by atoms with E-state index in [1.807, 2.05) is 20.8 Å². The summed E-state index contributed by atoms with van der Waals surface area (Å²) in [5.74, 6) is 1.37. The Morgan fingerprint density at radius 3 is 2.37 bits per heavy atom. The Kier molecular flexibility index (Phi) is 3.88. The molecule has 19 heavy (non-hydrogen) atoms. The number of fused-ring (bicyclic) bond motifs is 1. The fraction of sp³-hybridized carbons (Fsp3) is 0.867. The molecule has 0 aromatic rings. The first kappa shape index (κ1) is 14.4. The minimum absolute atomic E-state index is 0.355. The molecule has 2 atom stereocenters. The summed E-state index contributed by atoms with van der Waals surface area (Å²) >= 11 is 0. The third-order valence-electron chi connectivity index (χ3n) is 4.39. The molecule has 0 aromatic heterocycles. The van der Waals surface area contributed by atoms with Crippen LogP contribution in [0.2, 0.25) is 0 Å². The normalized spacial score (nSPS) is 33.8. The van der Waals surface area contributed by atoms with Crippen LogP contribution in [0.3, 0.4) is 0 Å². The highest BCUT2D eigenvalue weighted by Crippen LogP contribution is 2.51. The van der Waals surface area contributed by atoms with Crippen LogP contribution in [-0.4, -0.2) is 24.5 Å². The second-order valence-electron chi connectivity index (χ2n) is 7.19. The lowest BCUT2D eigenvalue weighted by atomic mass is 9.85. The summed E-state index contributed by atoms with van der Waals surface area (Å²) in [5.41, 5.74) is -0.850. The Labute approximate surface area is 115 Å². The average molecular weight is 267 g/mol. The van der Waals surface area contributed by atoms with Crippen molar-refractivity contribution in [1.29, 1.82) is 0 Å². The van der Waals surface area contributed by atoms with Crippen LogP contribution in [0.15, 0.2) is 0 Å². The van der Waals surface area contributed by atoms with Crippen LogP contribution in [0.25, 0.3) is 0 Å². The predicted molar refractivity (Wildman–Crippen MR) is 72.8 cm³/mol. The zero-order valence-electron chi connectivity index (χ0n) is 12.2. The second kappa shape index (κ2) is 5.14. The lowest BCUT2D eigenvalue weighted by molar-refractivity contribution is -0.116. The Bertz CT molecular complexity index is 347. The van der Waals surface area contributed by atoms with Crippen LogP contribution < -0.4 is 5.32 Å². The molecule has 2 aliphatic carbocycles. The van der Waals surface area contributed by atoms with E-state index in [-0.39, 0.29) is 5.41 Å². The van der Waals surface area contributed by atoms with Crippen LogP contribution in [0, 0.1) is 17.3 Å². The van der Waals surface area contributed by atoms with Crippen molar-refractivity contribution in [1.82, 2.24) is 5.32 Å². The van der Waals surface area contributed by atoms with Gasteiger partial charge >= 0.3 is 6.09 Å². The van der Waals surface area contributed by atoms with E-state index in [9.17, 15) is 9.59 Å². The molecule has 0 aromatic carbocycles. The molecule has 0 aliphatic heterocycles. The van der Waals surface area contributed by atoms with Crippen molar-refractivity contribution >= 4 is 12.4 Å². The van der Waals surface area contributed by atoms with Crippen LogP contribution >= 0.6 is 0 Å². The van der Waals surface area contributed by atoms with E-state index in [0.29, 0.717) is 18.4 Å². The molecule has 2 saturated carbocycles. The topological polar surface area (TPSA) is 55.4 Å². The van der Waals surface area contributed by atoms with Gasteiger partial charge in [-0.25, -0.2) is 4.79 Å². The smallest absolute Gasteiger partial charge is 0.407 e. The summed E-state index contributed by atoms with van der Waals surface area (Å²) in [6.07, 6.45) is 6.27. The highest BCUT2D eigenvalue weighted by atomic mass is 16.6. The Balaban J connectivity index is 1.87. The maximum absolute atomic E-state index is 11.7. The molecule has 0 spiro atoms. The number of ether oxygens (including phenoxy) is 1. The molecule has 2 rings (SSSR count). The van der Waals surface area contributed by atoms with E-state index in [1.165, 1.54) is 19.3 Å². The zero-order valence-corrected chi connectivity index (χ0v) is 12.2. The molecule has 0 bridgehead atoms. The molecule has 0 radical (unpaired) electrons. The number of carbonyl (C=O) groups excluding carboxylic acids is 2. The molecule has 0 heterocycles. The van der Waals surface area contributed by atoms with Gasteiger partial charge in [-0.3, -0.25) is 0 Å². The predicted octanol–water partition coefficient (Wildman–Crippen LogP) is 2.91. The average Bonchev–Trinajstić information content (AvgIpc) is 2.82. The maximum atomic E-state index is 11.7. The van der Waals surface area contributed by atoms with E-state index < -0.39 is 11.7 Å². The van der Waals surface area contributed by atoms with E-state index in [4.69, 9.17) is 4.74 Å². The summed E-state index contributed by atoms with van der Waals surface area (Å²) in [6.45, 7) is 5.92. The SMILES string of the molecule is CC(C)(C)OC(=O)NCC1(C=O)CC2CCCC2C1. The summed E-state index contributed by atoms with van der Waals surface area (Å²) in [6, 6.07) is 0. The van der Waals surface area contributed by atoms with Crippen molar-refractivity contribution in [3.8, 4) is 0 Å². The highest BCUT2D eigenvalue weighted by molar-refractivity contribution is 5.69. The van der Waals surface area contributed by atoms with Gasteiger partial charge in [-0.1, -0.05) is 19.3 Å². The number of hydrogen-bond acceptors (Lipinski definition) is 3. The van der Waals surface area contributed by atoms with Crippen molar-refractivity contribution < 1.29 is 14.3 Å². The first-order valence-electron chi connectivity index (χ1n) is 7.27. The van der Waals surface area contributed by atoms with Gasteiger partial charge in [0.15, 0.2) is 0 Å². The quantitative estimate of drug-likeness (QED) is 0.800. The Morgan fingerprint density at radius 1 is 1.32 bits per heavy atom. The fourth-order valence-corrected chi connectivity index (χ4v) is 3.62. The number of aldehydes is 1. The number of amides is 1. The largest absolute Gasteiger partial charge is 0.444 e. The van der Waals surface area contributed by atoms with Crippen LogP contribution in [-0.2, 0) is 9.53 Å². The number of rotatable bonds is 3. The van der Waals surface area contributed by atoms with Gasteiger partial charge in [-0.2, -0.15) is 0 Å². The van der Waals surface area contributed by atoms with Gasteiger partial charge in [0.1, 0.15) is 11.9 Å². The molecule has 4 heteroatoms. The lowest BCUT2D eigenvalue weighted by Crippen LogP contribution is -2.40. The highest BCUT2D eigenvalue weighted by Gasteiger charge is 2.47. The molecule has 1 N–H and O–H groups in total. The molecular formula is C15H25NO3. The molecule has 2 unspecified atom stereocenters. The lowest BCUT2D eigenvalue weighted by Gasteiger charge is -2.25. The van der Waals surface area contributed by atoms with Crippen molar-refractivity contribution in [3.05, 3.63) is 0 Å². The van der Waals surface area contributed by atoms with Gasteiger partial charge in [0, 0.05) is 12.0 Å². The van der Waals surface area contributed by atoms with Gasteiger partial charge in [0.25, 0.3) is 0 Å². The van der Waals surface area contributed by atoms with Gasteiger partial charge in [0.05, 0.1) is 0 Å². The van der Waals surface area contributed by atoms with Gasteiger partial charge in [0.2, 0.25) is 0 Å². The first-order valence-corrected chi connectivity index (χ1v) is 7.27. The van der Waals surface area contributed by atoms with Crippen molar-refractivity contribution in [3.63, 3.8) is 0 Å². The molecule has 2 fully saturated rings. The summed E-state index contributed by atoms with van der Waals surface area (Å²) in [5, 5.41) is 2.77. The molecule has 2 aliphatic rings. The molecule has 1 amide bonds. The van der Waals surface area contributed by atoms with Crippen LogP contribution in [0.5, 0.6) is 0 Å². The van der Waals surface area contributed by atoms with E-state index in [2.05, 4.69) is 5.32 Å². The van der Waals surface area contributed by atoms with Gasteiger partial charge in [-0.15, -0.1) is 0 Å². The van der Waals surface area contributed by atoms with Crippen molar-refractivity contribution in [2.24, 2.45) is 17.3 Å². The summed E-state index contributed by atoms with van der Waals surface area (Å²) < 4.78 is 5.22. The van der Waals surface area contributed by atoms with E-state index >= 15 is 0 Å². The van der Waals surface area contributed by atoms with Gasteiger partial charge in [-0.05, 0) is 45.4 Å².